The summed E-state index contributed by atoms with van der Waals surface area (Å²) in [6, 6.07) is -0.313. The first-order valence-corrected chi connectivity index (χ1v) is 6.05. The van der Waals surface area contributed by atoms with Crippen LogP contribution in [0.15, 0.2) is 6.20 Å². The summed E-state index contributed by atoms with van der Waals surface area (Å²) in [6.45, 7) is 3.77. The van der Waals surface area contributed by atoms with Gasteiger partial charge in [0.25, 0.3) is 0 Å². The van der Waals surface area contributed by atoms with Gasteiger partial charge in [-0.15, -0.1) is 5.10 Å². The Kier molecular flexibility index (Phi) is 3.59. The van der Waals surface area contributed by atoms with E-state index in [9.17, 15) is 4.79 Å². The quantitative estimate of drug-likeness (QED) is 0.852. The molecule has 19 heavy (non-hydrogen) atoms. The minimum Gasteiger partial charge on any atom is -0.481 e. The van der Waals surface area contributed by atoms with Crippen molar-refractivity contribution in [1.29, 1.82) is 0 Å². The SMILES string of the molecule is CCc1nn(C)cc1-c1nnnn1C(C)CC(=O)O. The van der Waals surface area contributed by atoms with Gasteiger partial charge < -0.3 is 5.11 Å². The Labute approximate surface area is 110 Å². The third-order valence-corrected chi connectivity index (χ3v) is 2.86. The molecule has 0 saturated heterocycles. The lowest BCUT2D eigenvalue weighted by Crippen LogP contribution is -2.13. The van der Waals surface area contributed by atoms with Gasteiger partial charge in [-0.2, -0.15) is 5.10 Å². The Balaban J connectivity index is 2.40. The molecule has 8 nitrogen and oxygen atoms in total. The second kappa shape index (κ2) is 5.17. The van der Waals surface area contributed by atoms with Crippen molar-refractivity contribution in [2.75, 3.05) is 0 Å². The molecule has 102 valence electrons. The standard InChI is InChI=1S/C11H16N6O2/c1-4-9-8(6-16(3)13-9)11-12-14-15-17(11)7(2)5-10(18)19/h6-7H,4-5H2,1-3H3,(H,18,19). The average molecular weight is 264 g/mol. The van der Waals surface area contributed by atoms with Crippen LogP contribution >= 0.6 is 0 Å². The van der Waals surface area contributed by atoms with E-state index in [1.165, 1.54) is 4.68 Å². The summed E-state index contributed by atoms with van der Waals surface area (Å²) >= 11 is 0. The molecule has 1 unspecified atom stereocenters. The number of nitrogens with zero attached hydrogens (tertiary/aromatic N) is 6. The highest BCUT2D eigenvalue weighted by Crippen LogP contribution is 2.23. The predicted molar refractivity (Wildman–Crippen MR) is 66.4 cm³/mol. The number of hydrogen-bond donors (Lipinski definition) is 1. The number of aliphatic carboxylic acids is 1. The van der Waals surface area contributed by atoms with Gasteiger partial charge in [-0.25, -0.2) is 4.68 Å². The van der Waals surface area contributed by atoms with Crippen LogP contribution in [0.25, 0.3) is 11.4 Å². The van der Waals surface area contributed by atoms with Crippen LogP contribution < -0.4 is 0 Å². The molecule has 0 amide bonds. The van der Waals surface area contributed by atoms with Gasteiger partial charge in [0.1, 0.15) is 0 Å². The van der Waals surface area contributed by atoms with Crippen molar-refractivity contribution >= 4 is 5.97 Å². The molecule has 1 atom stereocenters. The first-order valence-electron chi connectivity index (χ1n) is 6.05. The molecule has 2 heterocycles. The van der Waals surface area contributed by atoms with Crippen molar-refractivity contribution in [3.8, 4) is 11.4 Å². The molecule has 0 radical (unpaired) electrons. The first-order chi connectivity index (χ1) is 9.02. The molecule has 0 aromatic carbocycles. The van der Waals surface area contributed by atoms with E-state index in [1.807, 2.05) is 20.2 Å². The summed E-state index contributed by atoms with van der Waals surface area (Å²) in [6.07, 6.45) is 2.57. The Morgan fingerprint density at radius 1 is 1.53 bits per heavy atom. The van der Waals surface area contributed by atoms with Crippen molar-refractivity contribution in [2.45, 2.75) is 32.7 Å². The monoisotopic (exact) mass is 264 g/mol. The highest BCUT2D eigenvalue weighted by Gasteiger charge is 2.20. The van der Waals surface area contributed by atoms with Gasteiger partial charge in [0.15, 0.2) is 5.82 Å². The number of rotatable bonds is 5. The zero-order valence-corrected chi connectivity index (χ0v) is 11.1. The number of aromatic nitrogens is 6. The maximum Gasteiger partial charge on any atom is 0.305 e. The van der Waals surface area contributed by atoms with E-state index in [-0.39, 0.29) is 12.5 Å². The summed E-state index contributed by atoms with van der Waals surface area (Å²) < 4.78 is 3.24. The number of aryl methyl sites for hydroxylation is 2. The summed E-state index contributed by atoms with van der Waals surface area (Å²) in [5.74, 6) is -0.324. The molecule has 0 spiro atoms. The highest BCUT2D eigenvalue weighted by molar-refractivity contribution is 5.67. The molecule has 0 aliphatic carbocycles. The minimum absolute atomic E-state index is 0.0280. The molecule has 0 saturated carbocycles. The van der Waals surface area contributed by atoms with Crippen molar-refractivity contribution in [2.24, 2.45) is 7.05 Å². The van der Waals surface area contributed by atoms with Crippen LogP contribution in [0, 0.1) is 0 Å². The zero-order chi connectivity index (χ0) is 14.0. The van der Waals surface area contributed by atoms with Crippen molar-refractivity contribution in [1.82, 2.24) is 30.0 Å². The molecule has 2 rings (SSSR count). The van der Waals surface area contributed by atoms with E-state index < -0.39 is 5.97 Å². The summed E-state index contributed by atoms with van der Waals surface area (Å²) in [4.78, 5) is 10.8. The van der Waals surface area contributed by atoms with Gasteiger partial charge in [0.05, 0.1) is 23.7 Å². The van der Waals surface area contributed by atoms with Crippen LogP contribution in [0.3, 0.4) is 0 Å². The van der Waals surface area contributed by atoms with Gasteiger partial charge in [-0.1, -0.05) is 6.92 Å². The fourth-order valence-corrected chi connectivity index (χ4v) is 1.99. The Morgan fingerprint density at radius 3 is 2.89 bits per heavy atom. The maximum atomic E-state index is 10.8. The minimum atomic E-state index is -0.879. The Hall–Kier alpha value is -2.25. The molecule has 0 fully saturated rings. The zero-order valence-electron chi connectivity index (χ0n) is 11.1. The second-order valence-corrected chi connectivity index (χ2v) is 4.41. The Bertz CT molecular complexity index is 588. The summed E-state index contributed by atoms with van der Waals surface area (Å²) in [7, 11) is 1.83. The lowest BCUT2D eigenvalue weighted by atomic mass is 10.2. The van der Waals surface area contributed by atoms with Crippen LogP contribution in [-0.2, 0) is 18.3 Å². The van der Waals surface area contributed by atoms with Gasteiger partial charge in [0.2, 0.25) is 0 Å². The van der Waals surface area contributed by atoms with Gasteiger partial charge >= 0.3 is 5.97 Å². The fraction of sp³-hybridized carbons (Fsp3) is 0.545. The molecule has 2 aromatic heterocycles. The van der Waals surface area contributed by atoms with E-state index in [0.717, 1.165) is 17.7 Å². The highest BCUT2D eigenvalue weighted by atomic mass is 16.4. The second-order valence-electron chi connectivity index (χ2n) is 4.41. The van der Waals surface area contributed by atoms with Crippen LogP contribution in [-0.4, -0.2) is 41.1 Å². The van der Waals surface area contributed by atoms with Gasteiger partial charge in [0, 0.05) is 13.2 Å². The van der Waals surface area contributed by atoms with Crippen molar-refractivity contribution in [3.05, 3.63) is 11.9 Å². The molecule has 8 heteroatoms. The summed E-state index contributed by atoms with van der Waals surface area (Å²) in [5, 5.41) is 24.7. The first kappa shape index (κ1) is 13.2. The smallest absolute Gasteiger partial charge is 0.305 e. The summed E-state index contributed by atoms with van der Waals surface area (Å²) in [5.41, 5.74) is 1.73. The van der Waals surface area contributed by atoms with E-state index in [4.69, 9.17) is 5.11 Å². The van der Waals surface area contributed by atoms with E-state index >= 15 is 0 Å². The normalized spacial score (nSPS) is 12.6. The van der Waals surface area contributed by atoms with Crippen LogP contribution in [0.2, 0.25) is 0 Å². The van der Waals surface area contributed by atoms with Gasteiger partial charge in [-0.3, -0.25) is 9.48 Å². The molecule has 1 N–H and O–H groups in total. The number of carboxylic acids is 1. The molecular formula is C11H16N6O2. The van der Waals surface area contributed by atoms with E-state index in [1.54, 1.807) is 11.6 Å². The molecule has 0 aliphatic rings. The molecule has 0 bridgehead atoms. The number of carbonyl (C=O) groups is 1. The molecule has 0 aliphatic heterocycles. The number of tetrazole rings is 1. The van der Waals surface area contributed by atoms with Crippen LogP contribution in [0.5, 0.6) is 0 Å². The largest absolute Gasteiger partial charge is 0.481 e. The lowest BCUT2D eigenvalue weighted by molar-refractivity contribution is -0.137. The fourth-order valence-electron chi connectivity index (χ4n) is 1.99. The average Bonchev–Trinajstić information content (AvgIpc) is 2.93. The van der Waals surface area contributed by atoms with Crippen molar-refractivity contribution in [3.63, 3.8) is 0 Å². The maximum absolute atomic E-state index is 10.8. The number of hydrogen-bond acceptors (Lipinski definition) is 5. The molecular weight excluding hydrogens is 248 g/mol. The lowest BCUT2D eigenvalue weighted by Gasteiger charge is -2.10. The third-order valence-electron chi connectivity index (χ3n) is 2.86. The number of carboxylic acid groups (broad SMARTS) is 1. The predicted octanol–water partition coefficient (Wildman–Crippen LogP) is 0.672. The molecule has 2 aromatic rings. The van der Waals surface area contributed by atoms with Crippen molar-refractivity contribution < 1.29 is 9.90 Å². The van der Waals surface area contributed by atoms with Crippen LogP contribution in [0.1, 0.15) is 32.0 Å². The topological polar surface area (TPSA) is 98.7 Å². The van der Waals surface area contributed by atoms with Gasteiger partial charge in [-0.05, 0) is 23.8 Å². The van der Waals surface area contributed by atoms with E-state index in [2.05, 4.69) is 20.6 Å². The Morgan fingerprint density at radius 2 is 2.26 bits per heavy atom. The van der Waals surface area contributed by atoms with Crippen LogP contribution in [0.4, 0.5) is 0 Å². The third kappa shape index (κ3) is 2.61. The van der Waals surface area contributed by atoms with E-state index in [0.29, 0.717) is 5.82 Å².